The van der Waals surface area contributed by atoms with Crippen LogP contribution in [0.3, 0.4) is 0 Å². The minimum absolute atomic E-state index is 0.177. The van der Waals surface area contributed by atoms with E-state index in [1.165, 1.54) is 4.90 Å². The van der Waals surface area contributed by atoms with Crippen LogP contribution in [0.4, 0.5) is 5.69 Å². The number of nitrogens with zero attached hydrogens (tertiary/aromatic N) is 2. The van der Waals surface area contributed by atoms with Crippen molar-refractivity contribution in [1.82, 2.24) is 4.90 Å². The zero-order valence-corrected chi connectivity index (χ0v) is 18.4. The van der Waals surface area contributed by atoms with Gasteiger partial charge in [0.25, 0.3) is 0 Å². The van der Waals surface area contributed by atoms with E-state index in [1.807, 2.05) is 41.3 Å². The maximum Gasteiger partial charge on any atom is 0.235 e. The van der Waals surface area contributed by atoms with Gasteiger partial charge in [-0.3, -0.25) is 19.3 Å². The van der Waals surface area contributed by atoms with Gasteiger partial charge in [0.2, 0.25) is 11.8 Å². The van der Waals surface area contributed by atoms with Crippen LogP contribution in [0.2, 0.25) is 5.02 Å². The largest absolute Gasteiger partial charge is 0.385 e. The molecule has 7 heteroatoms. The Morgan fingerprint density at radius 2 is 1.75 bits per heavy atom. The van der Waals surface area contributed by atoms with Crippen LogP contribution in [0.1, 0.15) is 22.3 Å². The van der Waals surface area contributed by atoms with Crippen molar-refractivity contribution >= 4 is 41.0 Å². The predicted octanol–water partition coefficient (Wildman–Crippen LogP) is 3.44. The second-order valence-electron chi connectivity index (χ2n) is 8.36. The van der Waals surface area contributed by atoms with E-state index in [2.05, 4.69) is 0 Å². The van der Waals surface area contributed by atoms with E-state index in [9.17, 15) is 14.4 Å². The molecule has 0 saturated carbocycles. The SMILES string of the molecule is COCCCN1C(=O)[C@@H]2[C@H](C1=O)[C@H](C(=O)c1ccc(Cl)cc1)N1c3ccccc3C=C[C@H]21. The second-order valence-corrected chi connectivity index (χ2v) is 8.79. The summed E-state index contributed by atoms with van der Waals surface area (Å²) in [5.74, 6) is -1.97. The lowest BCUT2D eigenvalue weighted by molar-refractivity contribution is -0.140. The van der Waals surface area contributed by atoms with E-state index < -0.39 is 17.9 Å². The molecule has 4 atom stereocenters. The topological polar surface area (TPSA) is 66.9 Å². The van der Waals surface area contributed by atoms with E-state index in [0.29, 0.717) is 30.2 Å². The van der Waals surface area contributed by atoms with Crippen LogP contribution >= 0.6 is 11.6 Å². The number of ether oxygens (including phenoxy) is 1. The zero-order valence-electron chi connectivity index (χ0n) is 17.6. The number of likely N-dealkylation sites (tertiary alicyclic amines) is 1. The summed E-state index contributed by atoms with van der Waals surface area (Å²) in [6.45, 7) is 0.760. The number of carbonyl (C=O) groups is 3. The molecule has 3 aliphatic heterocycles. The first-order valence-electron chi connectivity index (χ1n) is 10.7. The van der Waals surface area contributed by atoms with Gasteiger partial charge in [-0.1, -0.05) is 42.0 Å². The first-order chi connectivity index (χ1) is 15.5. The third kappa shape index (κ3) is 3.17. The average molecular weight is 451 g/mol. The van der Waals surface area contributed by atoms with Gasteiger partial charge in [-0.2, -0.15) is 0 Å². The molecule has 3 aliphatic rings. The number of anilines is 1. The Morgan fingerprint density at radius 1 is 1.03 bits per heavy atom. The van der Waals surface area contributed by atoms with Crippen molar-refractivity contribution in [2.24, 2.45) is 11.8 Å². The van der Waals surface area contributed by atoms with Crippen molar-refractivity contribution in [3.63, 3.8) is 0 Å². The fourth-order valence-corrected chi connectivity index (χ4v) is 5.37. The summed E-state index contributed by atoms with van der Waals surface area (Å²) in [6.07, 6.45) is 4.50. The lowest BCUT2D eigenvalue weighted by Crippen LogP contribution is -2.48. The molecule has 0 unspecified atom stereocenters. The molecule has 2 aromatic carbocycles. The Kier molecular flexibility index (Phi) is 5.35. The van der Waals surface area contributed by atoms with Gasteiger partial charge in [-0.15, -0.1) is 0 Å². The van der Waals surface area contributed by atoms with E-state index >= 15 is 0 Å². The van der Waals surface area contributed by atoms with E-state index in [0.717, 1.165) is 11.3 Å². The lowest BCUT2D eigenvalue weighted by atomic mass is 9.86. The summed E-state index contributed by atoms with van der Waals surface area (Å²) in [7, 11) is 1.59. The Morgan fingerprint density at radius 3 is 2.50 bits per heavy atom. The van der Waals surface area contributed by atoms with Crippen LogP contribution in [-0.2, 0) is 14.3 Å². The summed E-state index contributed by atoms with van der Waals surface area (Å²) in [4.78, 5) is 43.9. The van der Waals surface area contributed by atoms with Crippen LogP contribution in [0.15, 0.2) is 54.6 Å². The van der Waals surface area contributed by atoms with Gasteiger partial charge in [0, 0.05) is 36.5 Å². The minimum atomic E-state index is -0.763. The highest BCUT2D eigenvalue weighted by Gasteiger charge is 2.63. The Labute approximate surface area is 191 Å². The number of hydrogen-bond donors (Lipinski definition) is 0. The van der Waals surface area contributed by atoms with Gasteiger partial charge >= 0.3 is 0 Å². The molecule has 0 radical (unpaired) electrons. The molecular formula is C25H23ClN2O4. The molecule has 0 bridgehead atoms. The molecule has 6 nitrogen and oxygen atoms in total. The number of methoxy groups -OCH3 is 1. The van der Waals surface area contributed by atoms with Gasteiger partial charge in [-0.05, 0) is 42.3 Å². The summed E-state index contributed by atoms with van der Waals surface area (Å²) in [5.41, 5.74) is 2.31. The Balaban J connectivity index is 1.58. The number of halogens is 1. The van der Waals surface area contributed by atoms with Gasteiger partial charge in [0.15, 0.2) is 5.78 Å². The number of fused-ring (bicyclic) bond motifs is 5. The monoisotopic (exact) mass is 450 g/mol. The molecule has 0 aromatic heterocycles. The van der Waals surface area contributed by atoms with Gasteiger partial charge in [0.05, 0.1) is 17.9 Å². The number of carbonyl (C=O) groups excluding carboxylic acids is 3. The molecule has 32 heavy (non-hydrogen) atoms. The van der Waals surface area contributed by atoms with Crippen molar-refractivity contribution in [1.29, 1.82) is 0 Å². The smallest absolute Gasteiger partial charge is 0.235 e. The van der Waals surface area contributed by atoms with Crippen molar-refractivity contribution in [3.05, 3.63) is 70.8 Å². The molecule has 2 aromatic rings. The first kappa shape index (κ1) is 20.9. The molecule has 2 amide bonds. The molecule has 5 rings (SSSR count). The first-order valence-corrected chi connectivity index (χ1v) is 11.1. The van der Waals surface area contributed by atoms with Gasteiger partial charge < -0.3 is 9.64 Å². The zero-order chi connectivity index (χ0) is 22.4. The Hall–Kier alpha value is -2.96. The molecular weight excluding hydrogens is 428 g/mol. The summed E-state index contributed by atoms with van der Waals surface area (Å²) < 4.78 is 5.08. The minimum Gasteiger partial charge on any atom is -0.385 e. The second kappa shape index (κ2) is 8.19. The summed E-state index contributed by atoms with van der Waals surface area (Å²) >= 11 is 6.02. The van der Waals surface area contributed by atoms with Crippen LogP contribution in [0.25, 0.3) is 6.08 Å². The van der Waals surface area contributed by atoms with Gasteiger partial charge in [-0.25, -0.2) is 0 Å². The van der Waals surface area contributed by atoms with Crippen molar-refractivity contribution in [3.8, 4) is 0 Å². The number of ketones is 1. The maximum atomic E-state index is 13.8. The number of benzene rings is 2. The summed E-state index contributed by atoms with van der Waals surface area (Å²) in [5, 5.41) is 0.534. The number of para-hydroxylation sites is 1. The van der Waals surface area contributed by atoms with Crippen molar-refractivity contribution in [2.75, 3.05) is 25.2 Å². The molecule has 164 valence electrons. The number of amides is 2. The van der Waals surface area contributed by atoms with Crippen LogP contribution in [0.5, 0.6) is 0 Å². The van der Waals surface area contributed by atoms with Gasteiger partial charge in [0.1, 0.15) is 6.04 Å². The maximum absolute atomic E-state index is 13.8. The van der Waals surface area contributed by atoms with E-state index in [4.69, 9.17) is 16.3 Å². The highest BCUT2D eigenvalue weighted by atomic mass is 35.5. The molecule has 0 aliphatic carbocycles. The molecule has 0 spiro atoms. The fourth-order valence-electron chi connectivity index (χ4n) is 5.25. The Bertz CT molecular complexity index is 1110. The number of rotatable bonds is 6. The number of Topliss-reactive ketones (excluding diaryl/α,β-unsaturated/α-hetero) is 1. The van der Waals surface area contributed by atoms with Crippen LogP contribution in [-0.4, -0.2) is 54.8 Å². The standard InChI is InChI=1S/C25H23ClN2O4/c1-32-14-4-13-27-24(30)20-19-12-9-15-5-2-3-6-18(15)28(19)22(21(20)25(27)31)23(29)16-7-10-17(26)11-8-16/h2-3,5-12,19-22H,4,13-14H2,1H3/t19-,20+,21+,22-/m1/s1. The normalized spacial score (nSPS) is 25.7. The molecule has 3 heterocycles. The molecule has 0 N–H and O–H groups in total. The number of hydrogen-bond acceptors (Lipinski definition) is 5. The number of imide groups is 1. The lowest BCUT2D eigenvalue weighted by Gasteiger charge is -2.36. The predicted molar refractivity (Wildman–Crippen MR) is 122 cm³/mol. The third-order valence-electron chi connectivity index (χ3n) is 6.63. The summed E-state index contributed by atoms with van der Waals surface area (Å²) in [6, 6.07) is 13.3. The van der Waals surface area contributed by atoms with Crippen molar-refractivity contribution < 1.29 is 19.1 Å². The highest BCUT2D eigenvalue weighted by molar-refractivity contribution is 6.30. The van der Waals surface area contributed by atoms with Crippen LogP contribution in [0, 0.1) is 11.8 Å². The highest BCUT2D eigenvalue weighted by Crippen LogP contribution is 2.49. The third-order valence-corrected chi connectivity index (χ3v) is 6.89. The fraction of sp³-hybridized carbons (Fsp3) is 0.320. The average Bonchev–Trinajstić information content (AvgIpc) is 3.28. The van der Waals surface area contributed by atoms with Crippen molar-refractivity contribution in [2.45, 2.75) is 18.5 Å². The molecule has 2 saturated heterocycles. The molecule has 2 fully saturated rings. The van der Waals surface area contributed by atoms with Crippen LogP contribution < -0.4 is 4.90 Å². The van der Waals surface area contributed by atoms with E-state index in [1.54, 1.807) is 31.4 Å². The quantitative estimate of drug-likeness (QED) is 0.383. The van der Waals surface area contributed by atoms with E-state index in [-0.39, 0.29) is 23.6 Å².